The van der Waals surface area contributed by atoms with Crippen molar-refractivity contribution < 1.29 is 8.78 Å². The molecular weight excluding hydrogens is 222 g/mol. The zero-order valence-corrected chi connectivity index (χ0v) is 9.76. The predicted molar refractivity (Wildman–Crippen MR) is 63.1 cm³/mol. The van der Waals surface area contributed by atoms with Gasteiger partial charge >= 0.3 is 0 Å². The highest BCUT2D eigenvalue weighted by molar-refractivity contribution is 5.19. The van der Waals surface area contributed by atoms with E-state index < -0.39 is 11.6 Å². The fraction of sp³-hybridized carbons (Fsp3) is 0.538. The van der Waals surface area contributed by atoms with E-state index in [0.717, 1.165) is 12.5 Å². The van der Waals surface area contributed by atoms with Gasteiger partial charge in [-0.05, 0) is 30.4 Å². The van der Waals surface area contributed by atoms with Crippen molar-refractivity contribution >= 4 is 0 Å². The molecule has 0 heterocycles. The second kappa shape index (κ2) is 5.56. The third-order valence-corrected chi connectivity index (χ3v) is 3.56. The first-order valence-electron chi connectivity index (χ1n) is 6.09. The molecule has 1 fully saturated rings. The monoisotopic (exact) mass is 240 g/mol. The second-order valence-electron chi connectivity index (χ2n) is 4.84. The Morgan fingerprint density at radius 3 is 2.65 bits per heavy atom. The van der Waals surface area contributed by atoms with Crippen LogP contribution in [0.25, 0.3) is 0 Å². The summed E-state index contributed by atoms with van der Waals surface area (Å²) in [5.74, 6) is 5.16. The molecule has 0 aliphatic heterocycles. The highest BCUT2D eigenvalue weighted by atomic mass is 19.1. The average molecular weight is 240 g/mol. The molecule has 0 spiro atoms. The van der Waals surface area contributed by atoms with E-state index in [4.69, 9.17) is 5.84 Å². The third-order valence-electron chi connectivity index (χ3n) is 3.56. The lowest BCUT2D eigenvalue weighted by Gasteiger charge is -2.29. The molecule has 94 valence electrons. The van der Waals surface area contributed by atoms with Crippen LogP contribution in [0, 0.1) is 17.6 Å². The van der Waals surface area contributed by atoms with Gasteiger partial charge in [0.25, 0.3) is 0 Å². The highest BCUT2D eigenvalue weighted by Gasteiger charge is 2.22. The topological polar surface area (TPSA) is 38.0 Å². The van der Waals surface area contributed by atoms with Crippen LogP contribution in [0.2, 0.25) is 0 Å². The van der Waals surface area contributed by atoms with E-state index in [1.807, 2.05) is 0 Å². The van der Waals surface area contributed by atoms with Crippen LogP contribution in [0.15, 0.2) is 18.2 Å². The quantitative estimate of drug-likeness (QED) is 0.613. The first kappa shape index (κ1) is 12.5. The molecule has 1 atom stereocenters. The van der Waals surface area contributed by atoms with Crippen LogP contribution >= 0.6 is 0 Å². The summed E-state index contributed by atoms with van der Waals surface area (Å²) in [6, 6.07) is 3.78. The predicted octanol–water partition coefficient (Wildman–Crippen LogP) is 2.53. The number of hydrogen-bond donors (Lipinski definition) is 2. The molecule has 1 saturated carbocycles. The van der Waals surface area contributed by atoms with Crippen molar-refractivity contribution in [2.45, 2.75) is 38.1 Å². The average Bonchev–Trinajstić information content (AvgIpc) is 2.24. The molecule has 0 bridgehead atoms. The van der Waals surface area contributed by atoms with E-state index in [-0.39, 0.29) is 6.04 Å². The van der Waals surface area contributed by atoms with E-state index in [2.05, 4.69) is 5.43 Å². The van der Waals surface area contributed by atoms with Crippen molar-refractivity contribution in [1.82, 2.24) is 5.43 Å². The molecule has 2 rings (SSSR count). The first-order chi connectivity index (χ1) is 8.19. The third kappa shape index (κ3) is 3.23. The summed E-state index contributed by atoms with van der Waals surface area (Å²) in [7, 11) is 0. The summed E-state index contributed by atoms with van der Waals surface area (Å²) < 4.78 is 26.2. The minimum absolute atomic E-state index is 0.0697. The van der Waals surface area contributed by atoms with Gasteiger partial charge in [-0.2, -0.15) is 0 Å². The standard InChI is InChI=1S/C13H18F2N2/c14-11-5-4-10(13(15)8-11)7-12(17-16)6-9-2-1-3-9/h4-5,8-9,12,17H,1-3,6-7,16H2. The van der Waals surface area contributed by atoms with Crippen LogP contribution in [-0.4, -0.2) is 6.04 Å². The maximum absolute atomic E-state index is 13.5. The lowest BCUT2D eigenvalue weighted by atomic mass is 9.80. The number of benzene rings is 1. The smallest absolute Gasteiger partial charge is 0.129 e. The number of rotatable bonds is 5. The van der Waals surface area contributed by atoms with Crippen molar-refractivity contribution in [2.24, 2.45) is 11.8 Å². The maximum Gasteiger partial charge on any atom is 0.129 e. The van der Waals surface area contributed by atoms with E-state index in [1.165, 1.54) is 31.4 Å². The van der Waals surface area contributed by atoms with E-state index in [9.17, 15) is 8.78 Å². The maximum atomic E-state index is 13.5. The molecule has 4 heteroatoms. The molecule has 0 amide bonds. The summed E-state index contributed by atoms with van der Waals surface area (Å²) in [5.41, 5.74) is 3.25. The van der Waals surface area contributed by atoms with Gasteiger partial charge in [0.1, 0.15) is 11.6 Å². The van der Waals surface area contributed by atoms with Gasteiger partial charge in [-0.3, -0.25) is 11.3 Å². The normalized spacial score (nSPS) is 17.8. The van der Waals surface area contributed by atoms with E-state index in [0.29, 0.717) is 17.9 Å². The van der Waals surface area contributed by atoms with Crippen molar-refractivity contribution in [3.05, 3.63) is 35.4 Å². The molecule has 0 radical (unpaired) electrons. The molecular formula is C13H18F2N2. The Labute approximate surface area is 100 Å². The number of nitrogens with two attached hydrogens (primary N) is 1. The van der Waals surface area contributed by atoms with Gasteiger partial charge in [0, 0.05) is 12.1 Å². The van der Waals surface area contributed by atoms with Crippen LogP contribution in [0.1, 0.15) is 31.2 Å². The van der Waals surface area contributed by atoms with E-state index >= 15 is 0 Å². The molecule has 1 aromatic carbocycles. The Morgan fingerprint density at radius 2 is 2.12 bits per heavy atom. The molecule has 1 unspecified atom stereocenters. The summed E-state index contributed by atoms with van der Waals surface area (Å²) in [6.07, 6.45) is 5.24. The zero-order chi connectivity index (χ0) is 12.3. The molecule has 2 nitrogen and oxygen atoms in total. The van der Waals surface area contributed by atoms with Crippen molar-refractivity contribution in [2.75, 3.05) is 0 Å². The Kier molecular flexibility index (Phi) is 4.07. The molecule has 3 N–H and O–H groups in total. The van der Waals surface area contributed by atoms with Crippen LogP contribution in [0.3, 0.4) is 0 Å². The number of hydrogen-bond acceptors (Lipinski definition) is 2. The molecule has 1 aromatic rings. The summed E-state index contributed by atoms with van der Waals surface area (Å²) in [4.78, 5) is 0. The summed E-state index contributed by atoms with van der Waals surface area (Å²) in [5, 5.41) is 0. The fourth-order valence-corrected chi connectivity index (χ4v) is 2.29. The fourth-order valence-electron chi connectivity index (χ4n) is 2.29. The molecule has 1 aliphatic rings. The minimum Gasteiger partial charge on any atom is -0.271 e. The van der Waals surface area contributed by atoms with Crippen molar-refractivity contribution in [1.29, 1.82) is 0 Å². The van der Waals surface area contributed by atoms with Crippen LogP contribution < -0.4 is 11.3 Å². The molecule has 0 aromatic heterocycles. The van der Waals surface area contributed by atoms with Crippen LogP contribution in [0.4, 0.5) is 8.78 Å². The van der Waals surface area contributed by atoms with Gasteiger partial charge in [0.2, 0.25) is 0 Å². The molecule has 17 heavy (non-hydrogen) atoms. The number of hydrazine groups is 1. The minimum atomic E-state index is -0.539. The van der Waals surface area contributed by atoms with Gasteiger partial charge in [0.15, 0.2) is 0 Å². The zero-order valence-electron chi connectivity index (χ0n) is 9.76. The van der Waals surface area contributed by atoms with Gasteiger partial charge < -0.3 is 0 Å². The highest BCUT2D eigenvalue weighted by Crippen LogP contribution is 2.31. The van der Waals surface area contributed by atoms with Crippen LogP contribution in [0.5, 0.6) is 0 Å². The number of halogens is 2. The molecule has 1 aliphatic carbocycles. The van der Waals surface area contributed by atoms with Gasteiger partial charge in [0.05, 0.1) is 0 Å². The lowest BCUT2D eigenvalue weighted by molar-refractivity contribution is 0.259. The largest absolute Gasteiger partial charge is 0.271 e. The summed E-state index contributed by atoms with van der Waals surface area (Å²) >= 11 is 0. The van der Waals surface area contributed by atoms with Gasteiger partial charge in [-0.25, -0.2) is 8.78 Å². The number of nitrogens with one attached hydrogen (secondary N) is 1. The van der Waals surface area contributed by atoms with Crippen LogP contribution in [-0.2, 0) is 6.42 Å². The van der Waals surface area contributed by atoms with Crippen molar-refractivity contribution in [3.63, 3.8) is 0 Å². The Morgan fingerprint density at radius 1 is 1.35 bits per heavy atom. The Balaban J connectivity index is 1.96. The second-order valence-corrected chi connectivity index (χ2v) is 4.84. The first-order valence-corrected chi connectivity index (χ1v) is 6.09. The lowest BCUT2D eigenvalue weighted by Crippen LogP contribution is -2.39. The summed E-state index contributed by atoms with van der Waals surface area (Å²) in [6.45, 7) is 0. The Hall–Kier alpha value is -1.00. The van der Waals surface area contributed by atoms with Crippen molar-refractivity contribution in [3.8, 4) is 0 Å². The molecule has 0 saturated heterocycles. The van der Waals surface area contributed by atoms with Gasteiger partial charge in [-0.15, -0.1) is 0 Å². The van der Waals surface area contributed by atoms with Gasteiger partial charge in [-0.1, -0.05) is 25.3 Å². The Bertz CT molecular complexity index is 378. The SMILES string of the molecule is NNC(Cc1ccc(F)cc1F)CC1CCC1. The van der Waals surface area contributed by atoms with E-state index in [1.54, 1.807) is 0 Å².